The van der Waals surface area contributed by atoms with Gasteiger partial charge in [-0.25, -0.2) is 4.39 Å². The number of Topliss-reactive ketones (excluding diaryl/α,β-unsaturated/α-hetero) is 1. The Hall–Kier alpha value is -0.780. The van der Waals surface area contributed by atoms with Crippen LogP contribution in [0.2, 0.25) is 0 Å². The first-order valence-electron chi connectivity index (χ1n) is 7.31. The summed E-state index contributed by atoms with van der Waals surface area (Å²) in [4.78, 5) is 12.6. The highest BCUT2D eigenvalue weighted by atomic mass is 79.9. The summed E-state index contributed by atoms with van der Waals surface area (Å²) >= 11 is 3.11. The van der Waals surface area contributed by atoms with Gasteiger partial charge in [-0.3, -0.25) is 4.79 Å². The number of rotatable bonds is 2. The van der Waals surface area contributed by atoms with E-state index in [1.807, 2.05) is 0 Å². The first-order chi connectivity index (χ1) is 10.1. The molecule has 3 rings (SSSR count). The van der Waals surface area contributed by atoms with Crippen molar-refractivity contribution in [2.75, 3.05) is 19.8 Å². The van der Waals surface area contributed by atoms with E-state index < -0.39 is 5.82 Å². The van der Waals surface area contributed by atoms with Crippen molar-refractivity contribution in [1.82, 2.24) is 0 Å². The average molecular weight is 357 g/mol. The monoisotopic (exact) mass is 356 g/mol. The quantitative estimate of drug-likeness (QED) is 0.757. The van der Waals surface area contributed by atoms with Crippen LogP contribution in [0.15, 0.2) is 22.7 Å². The van der Waals surface area contributed by atoms with Gasteiger partial charge in [0.15, 0.2) is 5.78 Å². The summed E-state index contributed by atoms with van der Waals surface area (Å²) in [5.74, 6) is -0.457. The molecule has 0 amide bonds. The molecule has 0 aromatic heterocycles. The second-order valence-corrected chi connectivity index (χ2v) is 6.68. The molecule has 2 fully saturated rings. The maximum absolute atomic E-state index is 13.6. The van der Waals surface area contributed by atoms with Crippen LogP contribution < -0.4 is 0 Å². The number of carbonyl (C=O) groups is 1. The summed E-state index contributed by atoms with van der Waals surface area (Å²) in [6.07, 6.45) is 3.10. The number of ether oxygens (including phenoxy) is 2. The topological polar surface area (TPSA) is 35.5 Å². The van der Waals surface area contributed by atoms with Crippen molar-refractivity contribution in [3.05, 3.63) is 34.1 Å². The number of hydrogen-bond donors (Lipinski definition) is 0. The third-order valence-electron chi connectivity index (χ3n) is 4.47. The molecule has 5 heteroatoms. The molecule has 0 bridgehead atoms. The molecule has 0 saturated carbocycles. The number of benzene rings is 1. The molecular weight excluding hydrogens is 339 g/mol. The van der Waals surface area contributed by atoms with Crippen LogP contribution in [-0.4, -0.2) is 31.2 Å². The van der Waals surface area contributed by atoms with Gasteiger partial charge in [-0.05, 0) is 53.7 Å². The summed E-state index contributed by atoms with van der Waals surface area (Å²) in [6, 6.07) is 4.59. The molecule has 2 aliphatic heterocycles. The van der Waals surface area contributed by atoms with E-state index in [4.69, 9.17) is 9.47 Å². The van der Waals surface area contributed by atoms with Crippen molar-refractivity contribution in [1.29, 1.82) is 0 Å². The Morgan fingerprint density at radius 2 is 2.05 bits per heavy atom. The van der Waals surface area contributed by atoms with Gasteiger partial charge in [-0.15, -0.1) is 0 Å². The normalized spacial score (nSPS) is 25.0. The smallest absolute Gasteiger partial charge is 0.166 e. The van der Waals surface area contributed by atoms with Crippen LogP contribution in [0.3, 0.4) is 0 Å². The fourth-order valence-electron chi connectivity index (χ4n) is 3.23. The van der Waals surface area contributed by atoms with Crippen molar-refractivity contribution in [2.45, 2.75) is 31.3 Å². The Bertz CT molecular complexity index is 535. The minimum Gasteiger partial charge on any atom is -0.381 e. The molecule has 0 aliphatic carbocycles. The lowest BCUT2D eigenvalue weighted by molar-refractivity contribution is -0.142. The van der Waals surface area contributed by atoms with Crippen LogP contribution in [0.25, 0.3) is 0 Å². The van der Waals surface area contributed by atoms with Crippen LogP contribution in [0.5, 0.6) is 0 Å². The van der Waals surface area contributed by atoms with E-state index in [9.17, 15) is 9.18 Å². The molecule has 114 valence electrons. The largest absolute Gasteiger partial charge is 0.381 e. The number of carbonyl (C=O) groups excluding carboxylic acids is 1. The molecule has 0 radical (unpaired) electrons. The van der Waals surface area contributed by atoms with E-state index in [0.29, 0.717) is 42.7 Å². The van der Waals surface area contributed by atoms with Crippen LogP contribution >= 0.6 is 15.9 Å². The lowest BCUT2D eigenvalue weighted by Crippen LogP contribution is -2.45. The fourth-order valence-corrected chi connectivity index (χ4v) is 3.48. The first kappa shape index (κ1) is 15.1. The molecule has 21 heavy (non-hydrogen) atoms. The lowest BCUT2D eigenvalue weighted by atomic mass is 9.78. The second-order valence-electron chi connectivity index (χ2n) is 5.83. The van der Waals surface area contributed by atoms with Crippen molar-refractivity contribution in [3.63, 3.8) is 0 Å². The summed E-state index contributed by atoms with van der Waals surface area (Å²) in [5, 5.41) is 0. The van der Waals surface area contributed by atoms with Crippen molar-refractivity contribution in [3.8, 4) is 0 Å². The third kappa shape index (κ3) is 3.20. The second kappa shape index (κ2) is 6.15. The highest BCUT2D eigenvalue weighted by Crippen LogP contribution is 2.38. The van der Waals surface area contributed by atoms with Crippen LogP contribution in [-0.2, 0) is 9.47 Å². The maximum Gasteiger partial charge on any atom is 0.166 e. The summed E-state index contributed by atoms with van der Waals surface area (Å²) in [5.41, 5.74) is 0.231. The van der Waals surface area contributed by atoms with Gasteiger partial charge in [-0.2, -0.15) is 0 Å². The van der Waals surface area contributed by atoms with Crippen LogP contribution in [0.1, 0.15) is 36.0 Å². The Labute approximate surface area is 131 Å². The van der Waals surface area contributed by atoms with Gasteiger partial charge in [-0.1, -0.05) is 6.07 Å². The minimum atomic E-state index is -0.395. The van der Waals surface area contributed by atoms with E-state index in [-0.39, 0.29) is 17.3 Å². The van der Waals surface area contributed by atoms with Gasteiger partial charge in [0.1, 0.15) is 5.82 Å². The van der Waals surface area contributed by atoms with Gasteiger partial charge in [0, 0.05) is 31.3 Å². The zero-order valence-corrected chi connectivity index (χ0v) is 13.3. The molecule has 2 aliphatic rings. The van der Waals surface area contributed by atoms with Crippen molar-refractivity contribution in [2.24, 2.45) is 5.92 Å². The number of halogens is 2. The molecule has 0 N–H and O–H groups in total. The number of hydrogen-bond acceptors (Lipinski definition) is 3. The van der Waals surface area contributed by atoms with Gasteiger partial charge in [0.2, 0.25) is 0 Å². The van der Waals surface area contributed by atoms with Crippen LogP contribution in [0, 0.1) is 11.7 Å². The zero-order chi connectivity index (χ0) is 14.9. The maximum atomic E-state index is 13.6. The van der Waals surface area contributed by atoms with E-state index in [1.54, 1.807) is 12.1 Å². The zero-order valence-electron chi connectivity index (χ0n) is 11.7. The molecule has 1 atom stereocenters. The summed E-state index contributed by atoms with van der Waals surface area (Å²) in [6.45, 7) is 1.97. The predicted molar refractivity (Wildman–Crippen MR) is 79.9 cm³/mol. The van der Waals surface area contributed by atoms with Gasteiger partial charge >= 0.3 is 0 Å². The molecule has 1 spiro atoms. The van der Waals surface area contributed by atoms with E-state index in [2.05, 4.69) is 15.9 Å². The minimum absolute atomic E-state index is 0.0237. The van der Waals surface area contributed by atoms with Crippen molar-refractivity contribution < 1.29 is 18.7 Å². The van der Waals surface area contributed by atoms with E-state index in [0.717, 1.165) is 12.8 Å². The van der Waals surface area contributed by atoms with Gasteiger partial charge < -0.3 is 9.47 Å². The molecule has 3 nitrogen and oxygen atoms in total. The lowest BCUT2D eigenvalue weighted by Gasteiger charge is -2.42. The fraction of sp³-hybridized carbons (Fsp3) is 0.562. The third-order valence-corrected chi connectivity index (χ3v) is 5.12. The Morgan fingerprint density at radius 3 is 2.76 bits per heavy atom. The summed E-state index contributed by atoms with van der Waals surface area (Å²) < 4.78 is 25.3. The SMILES string of the molecule is O=C(c1ccc(Br)c(F)c1)C1CCOC2(CCOCC2)C1. The van der Waals surface area contributed by atoms with E-state index >= 15 is 0 Å². The molecular formula is C16H18BrFO3. The molecule has 2 heterocycles. The molecule has 1 aromatic rings. The molecule has 1 unspecified atom stereocenters. The highest BCUT2D eigenvalue weighted by molar-refractivity contribution is 9.10. The van der Waals surface area contributed by atoms with E-state index in [1.165, 1.54) is 6.07 Å². The molecule has 1 aromatic carbocycles. The molecule has 2 saturated heterocycles. The number of ketones is 1. The predicted octanol–water partition coefficient (Wildman–Crippen LogP) is 3.75. The Morgan fingerprint density at radius 1 is 1.29 bits per heavy atom. The average Bonchev–Trinajstić information content (AvgIpc) is 2.50. The first-order valence-corrected chi connectivity index (χ1v) is 8.10. The Balaban J connectivity index is 1.76. The van der Waals surface area contributed by atoms with Crippen molar-refractivity contribution >= 4 is 21.7 Å². The van der Waals surface area contributed by atoms with Gasteiger partial charge in [0.05, 0.1) is 10.1 Å². The Kier molecular flexibility index (Phi) is 4.43. The highest BCUT2D eigenvalue weighted by Gasteiger charge is 2.41. The van der Waals surface area contributed by atoms with Crippen LogP contribution in [0.4, 0.5) is 4.39 Å². The standard InChI is InChI=1S/C16H18BrFO3/c17-13-2-1-11(9-14(13)18)15(19)12-3-6-21-16(10-12)4-7-20-8-5-16/h1-2,9,12H,3-8,10H2. The summed E-state index contributed by atoms with van der Waals surface area (Å²) in [7, 11) is 0. The van der Waals surface area contributed by atoms with Gasteiger partial charge in [0.25, 0.3) is 0 Å².